The van der Waals surface area contributed by atoms with Crippen LogP contribution in [0.2, 0.25) is 0 Å². The van der Waals surface area contributed by atoms with Crippen LogP contribution in [0.4, 0.5) is 13.2 Å². The van der Waals surface area contributed by atoms with Gasteiger partial charge in [-0.25, -0.2) is 14.7 Å². The molecule has 1 saturated carbocycles. The number of hydrogen-bond donors (Lipinski definition) is 0. The molecular formula is C14H19F3N4O3. The van der Waals surface area contributed by atoms with Crippen molar-refractivity contribution in [2.45, 2.75) is 69.6 Å². The monoisotopic (exact) mass is 348 g/mol. The zero-order valence-electron chi connectivity index (χ0n) is 13.3. The van der Waals surface area contributed by atoms with E-state index in [1.165, 1.54) is 9.91 Å². The van der Waals surface area contributed by atoms with Crippen LogP contribution >= 0.6 is 0 Å². The number of carbonyl (C=O) groups excluding carboxylic acids is 1. The average molecular weight is 348 g/mol. The van der Waals surface area contributed by atoms with E-state index in [1.807, 2.05) is 0 Å². The van der Waals surface area contributed by atoms with Gasteiger partial charge < -0.3 is 4.74 Å². The summed E-state index contributed by atoms with van der Waals surface area (Å²) in [5.74, 6) is -2.41. The Morgan fingerprint density at radius 3 is 2.54 bits per heavy atom. The summed E-state index contributed by atoms with van der Waals surface area (Å²) in [5, 5.41) is 13.7. The molecule has 7 nitrogen and oxygen atoms in total. The first-order chi connectivity index (χ1) is 11.2. The Balaban J connectivity index is 2.21. The Bertz CT molecular complexity index is 530. The number of nitriles is 1. The third-order valence-corrected chi connectivity index (χ3v) is 4.67. The van der Waals surface area contributed by atoms with Crippen LogP contribution in [-0.4, -0.2) is 46.5 Å². The number of hydrogen-bond acceptors (Lipinski definition) is 6. The van der Waals surface area contributed by atoms with Crippen molar-refractivity contribution in [3.05, 3.63) is 4.91 Å². The maximum absolute atomic E-state index is 12.5. The van der Waals surface area contributed by atoms with Crippen LogP contribution < -0.4 is 0 Å². The fourth-order valence-electron chi connectivity index (χ4n) is 3.52. The zero-order valence-corrected chi connectivity index (χ0v) is 13.3. The number of esters is 1. The highest BCUT2D eigenvalue weighted by molar-refractivity contribution is 5.76. The lowest BCUT2D eigenvalue weighted by atomic mass is 10.1. The molecule has 1 saturated heterocycles. The lowest BCUT2D eigenvalue weighted by molar-refractivity contribution is -0.224. The second-order valence-electron chi connectivity index (χ2n) is 6.11. The topological polar surface area (TPSA) is 86.0 Å². The molecule has 0 aromatic heterocycles. The quantitative estimate of drug-likeness (QED) is 0.431. The van der Waals surface area contributed by atoms with Crippen LogP contribution in [0.3, 0.4) is 0 Å². The van der Waals surface area contributed by atoms with Crippen LogP contribution in [0.25, 0.3) is 0 Å². The zero-order chi connectivity index (χ0) is 18.0. The van der Waals surface area contributed by atoms with Crippen LogP contribution in [-0.2, 0) is 9.53 Å². The maximum Gasteiger partial charge on any atom is 0.491 e. The molecule has 0 bridgehead atoms. The molecule has 2 fully saturated rings. The molecule has 0 spiro atoms. The number of alkyl halides is 3. The van der Waals surface area contributed by atoms with E-state index in [-0.39, 0.29) is 19.0 Å². The number of ether oxygens (including phenoxy) is 1. The summed E-state index contributed by atoms with van der Waals surface area (Å²) in [5.41, 5.74) is -2.03. The van der Waals surface area contributed by atoms with E-state index in [4.69, 9.17) is 0 Å². The lowest BCUT2D eigenvalue weighted by Crippen LogP contribution is -2.57. The van der Waals surface area contributed by atoms with Gasteiger partial charge in [0.25, 0.3) is 5.72 Å². The fraction of sp³-hybridized carbons (Fsp3) is 0.857. The minimum Gasteiger partial charge on any atom is -0.423 e. The van der Waals surface area contributed by atoms with Gasteiger partial charge in [0.15, 0.2) is 0 Å². The van der Waals surface area contributed by atoms with E-state index < -0.39 is 24.0 Å². The molecule has 0 radical (unpaired) electrons. The molecular weight excluding hydrogens is 329 g/mol. The molecule has 1 aliphatic heterocycles. The highest BCUT2D eigenvalue weighted by Gasteiger charge is 2.53. The van der Waals surface area contributed by atoms with E-state index in [2.05, 4.69) is 10.0 Å². The normalized spacial score (nSPS) is 26.8. The van der Waals surface area contributed by atoms with Crippen molar-refractivity contribution in [2.75, 3.05) is 6.54 Å². The van der Waals surface area contributed by atoms with Crippen molar-refractivity contribution in [3.8, 4) is 6.07 Å². The van der Waals surface area contributed by atoms with Gasteiger partial charge in [0.2, 0.25) is 0 Å². The number of likely N-dealkylation sites (tertiary alicyclic amines) is 1. The van der Waals surface area contributed by atoms with Gasteiger partial charge in [-0.05, 0) is 26.2 Å². The maximum atomic E-state index is 12.5. The number of nitrogens with zero attached hydrogens (tertiary/aromatic N) is 4. The highest BCUT2D eigenvalue weighted by Crippen LogP contribution is 2.37. The second-order valence-corrected chi connectivity index (χ2v) is 6.11. The Labute approximate surface area is 137 Å². The van der Waals surface area contributed by atoms with Crippen LogP contribution in [0.1, 0.15) is 45.4 Å². The summed E-state index contributed by atoms with van der Waals surface area (Å²) in [6.45, 7) is 1.82. The summed E-state index contributed by atoms with van der Waals surface area (Å²) in [6.07, 6.45) is -2.21. The van der Waals surface area contributed by atoms with E-state index in [0.29, 0.717) is 6.42 Å². The third-order valence-electron chi connectivity index (χ3n) is 4.67. The first-order valence-corrected chi connectivity index (χ1v) is 7.85. The number of carbonyl (C=O) groups is 1. The van der Waals surface area contributed by atoms with Crippen LogP contribution in [0.15, 0.2) is 5.29 Å². The standard InChI is InChI=1S/C14H19F3N4O3/c1-10(21(19-23)11-5-2-3-6-11)20-8-4-7-13(20,9-18)24-12(22)14(15,16)17/h10-11H,2-8H2,1H3. The molecule has 2 rings (SSSR count). The lowest BCUT2D eigenvalue weighted by Gasteiger charge is -2.40. The highest BCUT2D eigenvalue weighted by atomic mass is 19.4. The predicted octanol–water partition coefficient (Wildman–Crippen LogP) is 2.68. The summed E-state index contributed by atoms with van der Waals surface area (Å²) >= 11 is 0. The van der Waals surface area contributed by atoms with Gasteiger partial charge in [-0.1, -0.05) is 12.8 Å². The summed E-state index contributed by atoms with van der Waals surface area (Å²) in [6, 6.07) is 1.58. The Kier molecular flexibility index (Phi) is 5.32. The first-order valence-electron chi connectivity index (χ1n) is 7.85. The van der Waals surface area contributed by atoms with Gasteiger partial charge in [0.1, 0.15) is 12.2 Å². The van der Waals surface area contributed by atoms with E-state index in [1.54, 1.807) is 13.0 Å². The molecule has 0 aromatic rings. The largest absolute Gasteiger partial charge is 0.491 e. The molecule has 2 atom stereocenters. The Morgan fingerprint density at radius 1 is 1.42 bits per heavy atom. The summed E-state index contributed by atoms with van der Waals surface area (Å²) in [7, 11) is 0. The van der Waals surface area contributed by atoms with E-state index in [9.17, 15) is 28.1 Å². The van der Waals surface area contributed by atoms with Crippen LogP contribution in [0, 0.1) is 16.2 Å². The fourth-order valence-corrected chi connectivity index (χ4v) is 3.52. The third kappa shape index (κ3) is 3.45. The molecule has 0 aromatic carbocycles. The van der Waals surface area contributed by atoms with E-state index >= 15 is 0 Å². The predicted molar refractivity (Wildman–Crippen MR) is 75.8 cm³/mol. The summed E-state index contributed by atoms with van der Waals surface area (Å²) < 4.78 is 42.1. The average Bonchev–Trinajstić information content (AvgIpc) is 3.17. The SMILES string of the molecule is CC(N(N=O)C1CCCC1)N1CCCC1(C#N)OC(=O)C(F)(F)F. The van der Waals surface area contributed by atoms with Gasteiger partial charge in [-0.2, -0.15) is 18.4 Å². The smallest absolute Gasteiger partial charge is 0.423 e. The molecule has 0 N–H and O–H groups in total. The molecule has 2 aliphatic rings. The molecule has 0 amide bonds. The Hall–Kier alpha value is -1.89. The van der Waals surface area contributed by atoms with Crippen molar-refractivity contribution < 1.29 is 22.7 Å². The van der Waals surface area contributed by atoms with Gasteiger partial charge >= 0.3 is 12.1 Å². The van der Waals surface area contributed by atoms with Gasteiger partial charge in [0.05, 0.1) is 11.3 Å². The molecule has 2 unspecified atom stereocenters. The molecule has 1 aliphatic carbocycles. The number of rotatable bonds is 5. The van der Waals surface area contributed by atoms with Gasteiger partial charge in [-0.15, -0.1) is 4.91 Å². The Morgan fingerprint density at radius 2 is 2.04 bits per heavy atom. The number of nitroso groups, excluding NO2 is 1. The van der Waals surface area contributed by atoms with Crippen LogP contribution in [0.5, 0.6) is 0 Å². The molecule has 134 valence electrons. The minimum absolute atomic E-state index is 0.0486. The van der Waals surface area contributed by atoms with Crippen molar-refractivity contribution in [3.63, 3.8) is 0 Å². The first kappa shape index (κ1) is 18.4. The van der Waals surface area contributed by atoms with E-state index in [0.717, 1.165) is 25.7 Å². The molecule has 1 heterocycles. The second kappa shape index (κ2) is 6.93. The van der Waals surface area contributed by atoms with Crippen molar-refractivity contribution in [1.82, 2.24) is 9.91 Å². The van der Waals surface area contributed by atoms with Gasteiger partial charge in [0, 0.05) is 13.0 Å². The molecule has 24 heavy (non-hydrogen) atoms. The van der Waals surface area contributed by atoms with Crippen molar-refractivity contribution in [2.24, 2.45) is 5.29 Å². The number of halogens is 3. The minimum atomic E-state index is -5.19. The molecule has 10 heteroatoms. The van der Waals surface area contributed by atoms with Crippen molar-refractivity contribution in [1.29, 1.82) is 5.26 Å². The summed E-state index contributed by atoms with van der Waals surface area (Å²) in [4.78, 5) is 23.8. The van der Waals surface area contributed by atoms with Gasteiger partial charge in [-0.3, -0.25) is 0 Å². The van der Waals surface area contributed by atoms with Crippen molar-refractivity contribution >= 4 is 5.97 Å².